The minimum atomic E-state index is 0.402. The molecule has 0 atom stereocenters. The van der Waals surface area contributed by atoms with Crippen LogP contribution in [0.25, 0.3) is 38.9 Å². The lowest BCUT2D eigenvalue weighted by atomic mass is 9.95. The molecule has 4 aromatic heterocycles. The average Bonchev–Trinajstić information content (AvgIpc) is 3.73. The number of rotatable bonds is 6. The lowest BCUT2D eigenvalue weighted by Crippen LogP contribution is -2.32. The maximum atomic E-state index is 4.51. The molecular formula is C30H28N8S. The molecule has 0 radical (unpaired) electrons. The summed E-state index contributed by atoms with van der Waals surface area (Å²) in [5.74, 6) is 2.13. The number of aromatic amines is 1. The fourth-order valence-electron chi connectivity index (χ4n) is 5.37. The summed E-state index contributed by atoms with van der Waals surface area (Å²) >= 11 is 1.55. The molecule has 1 N–H and O–H groups in total. The van der Waals surface area contributed by atoms with Crippen LogP contribution in [0.2, 0.25) is 0 Å². The summed E-state index contributed by atoms with van der Waals surface area (Å²) in [6.07, 6.45) is 5.91. The van der Waals surface area contributed by atoms with Crippen LogP contribution in [0.15, 0.2) is 78.6 Å². The van der Waals surface area contributed by atoms with Crippen molar-refractivity contribution in [2.45, 2.75) is 32.2 Å². The van der Waals surface area contributed by atoms with E-state index >= 15 is 0 Å². The van der Waals surface area contributed by atoms with Gasteiger partial charge >= 0.3 is 0 Å². The molecule has 9 heteroatoms. The molecule has 194 valence electrons. The molecule has 8 nitrogen and oxygen atoms in total. The highest BCUT2D eigenvalue weighted by atomic mass is 32.1. The van der Waals surface area contributed by atoms with Gasteiger partial charge in [-0.25, -0.2) is 9.50 Å². The van der Waals surface area contributed by atoms with Crippen LogP contribution in [0.5, 0.6) is 0 Å². The molecule has 1 aliphatic rings. The normalized spacial score (nSPS) is 14.8. The van der Waals surface area contributed by atoms with Gasteiger partial charge in [-0.05, 0) is 61.2 Å². The Labute approximate surface area is 230 Å². The van der Waals surface area contributed by atoms with Crippen molar-refractivity contribution < 1.29 is 0 Å². The molecule has 1 fully saturated rings. The Morgan fingerprint density at radius 1 is 0.897 bits per heavy atom. The highest BCUT2D eigenvalue weighted by Crippen LogP contribution is 2.33. The monoisotopic (exact) mass is 532 g/mol. The number of piperidine rings is 1. The fourth-order valence-corrected chi connectivity index (χ4v) is 5.97. The molecule has 6 aromatic rings. The minimum absolute atomic E-state index is 0.402. The SMILES string of the molecule is Cc1ccc(-c2nnc(C3CCN(Cc4ccc(-c5ccccc5-c5cnc6scnn56)cc4)CC3)[nH]2)nc1. The third-order valence-corrected chi connectivity index (χ3v) is 8.22. The van der Waals surface area contributed by atoms with E-state index in [2.05, 4.69) is 83.7 Å². The second-order valence-electron chi connectivity index (χ2n) is 10.1. The Morgan fingerprint density at radius 2 is 1.72 bits per heavy atom. The first-order valence-corrected chi connectivity index (χ1v) is 14.1. The molecule has 0 bridgehead atoms. The van der Waals surface area contributed by atoms with Crippen LogP contribution >= 0.6 is 11.3 Å². The Bertz CT molecular complexity index is 1710. The predicted molar refractivity (Wildman–Crippen MR) is 153 cm³/mol. The van der Waals surface area contributed by atoms with Crippen LogP contribution in [0, 0.1) is 6.92 Å². The molecule has 1 aliphatic heterocycles. The maximum absolute atomic E-state index is 4.51. The van der Waals surface area contributed by atoms with Gasteiger partial charge in [0, 0.05) is 24.2 Å². The van der Waals surface area contributed by atoms with E-state index < -0.39 is 0 Å². The molecule has 7 rings (SSSR count). The third-order valence-electron chi connectivity index (χ3n) is 7.53. The maximum Gasteiger partial charge on any atom is 0.212 e. The van der Waals surface area contributed by atoms with Gasteiger partial charge in [-0.3, -0.25) is 9.88 Å². The molecule has 0 saturated carbocycles. The number of aryl methyl sites for hydroxylation is 1. The summed E-state index contributed by atoms with van der Waals surface area (Å²) in [4.78, 5) is 15.8. The first kappa shape index (κ1) is 23.9. The number of nitrogens with zero attached hydrogens (tertiary/aromatic N) is 7. The second-order valence-corrected chi connectivity index (χ2v) is 11.0. The summed E-state index contributed by atoms with van der Waals surface area (Å²) in [7, 11) is 0. The zero-order valence-corrected chi connectivity index (χ0v) is 22.5. The number of hydrogen-bond acceptors (Lipinski definition) is 7. The van der Waals surface area contributed by atoms with Gasteiger partial charge in [0.15, 0.2) is 5.82 Å². The topological polar surface area (TPSA) is 87.9 Å². The van der Waals surface area contributed by atoms with Gasteiger partial charge in [0.25, 0.3) is 0 Å². The van der Waals surface area contributed by atoms with Gasteiger partial charge in [-0.15, -0.1) is 10.2 Å². The lowest BCUT2D eigenvalue weighted by Gasteiger charge is -2.30. The number of H-pyrrole nitrogens is 1. The fraction of sp³-hybridized carbons (Fsp3) is 0.233. The van der Waals surface area contributed by atoms with Crippen LogP contribution in [-0.2, 0) is 6.54 Å². The number of imidazole rings is 1. The van der Waals surface area contributed by atoms with Gasteiger partial charge < -0.3 is 4.98 Å². The zero-order valence-electron chi connectivity index (χ0n) is 21.7. The Hall–Kier alpha value is -4.21. The zero-order chi connectivity index (χ0) is 26.2. The van der Waals surface area contributed by atoms with Crippen LogP contribution in [-0.4, -0.2) is 52.8 Å². The Balaban J connectivity index is 1.00. The standard InChI is InChI=1S/C30H28N8S/c1-20-6-11-26(31-16-20)29-34-28(35-36-29)23-12-14-37(15-13-23)18-21-7-9-22(10-8-21)24-4-2-3-5-25(24)27-17-32-30-38(27)33-19-39-30/h2-11,16-17,19,23H,12-15,18H2,1H3,(H,34,35,36). The van der Waals surface area contributed by atoms with E-state index in [1.807, 2.05) is 41.5 Å². The summed E-state index contributed by atoms with van der Waals surface area (Å²) in [5, 5.41) is 13.3. The summed E-state index contributed by atoms with van der Waals surface area (Å²) in [6.45, 7) is 5.07. The van der Waals surface area contributed by atoms with Gasteiger partial charge in [0.1, 0.15) is 17.0 Å². The number of likely N-dealkylation sites (tertiary alicyclic amines) is 1. The summed E-state index contributed by atoms with van der Waals surface area (Å²) in [6, 6.07) is 21.5. The average molecular weight is 533 g/mol. The Kier molecular flexibility index (Phi) is 6.22. The van der Waals surface area contributed by atoms with E-state index in [4.69, 9.17) is 0 Å². The lowest BCUT2D eigenvalue weighted by molar-refractivity contribution is 0.202. The van der Waals surface area contributed by atoms with Crippen molar-refractivity contribution in [2.75, 3.05) is 13.1 Å². The van der Waals surface area contributed by atoms with Crippen molar-refractivity contribution >= 4 is 16.3 Å². The molecule has 0 aliphatic carbocycles. The van der Waals surface area contributed by atoms with Gasteiger partial charge in [0.2, 0.25) is 4.96 Å². The predicted octanol–water partition coefficient (Wildman–Crippen LogP) is 5.99. The number of hydrogen-bond donors (Lipinski definition) is 1. The molecule has 1 saturated heterocycles. The van der Waals surface area contributed by atoms with Crippen molar-refractivity contribution in [3.8, 4) is 33.9 Å². The van der Waals surface area contributed by atoms with Crippen molar-refractivity contribution in [2.24, 2.45) is 0 Å². The molecule has 0 spiro atoms. The quantitative estimate of drug-likeness (QED) is 0.283. The second kappa shape index (κ2) is 10.2. The molecule has 39 heavy (non-hydrogen) atoms. The smallest absolute Gasteiger partial charge is 0.212 e. The van der Waals surface area contributed by atoms with E-state index in [1.165, 1.54) is 16.7 Å². The molecule has 0 amide bonds. The highest BCUT2D eigenvalue weighted by Gasteiger charge is 2.24. The number of fused-ring (bicyclic) bond motifs is 1. The molecular weight excluding hydrogens is 504 g/mol. The first-order chi connectivity index (χ1) is 19.2. The van der Waals surface area contributed by atoms with Crippen molar-refractivity contribution in [3.05, 3.63) is 95.5 Å². The van der Waals surface area contributed by atoms with Crippen molar-refractivity contribution in [1.82, 2.24) is 39.7 Å². The van der Waals surface area contributed by atoms with E-state index in [-0.39, 0.29) is 0 Å². The van der Waals surface area contributed by atoms with Crippen LogP contribution in [0.1, 0.15) is 35.7 Å². The van der Waals surface area contributed by atoms with Crippen LogP contribution in [0.3, 0.4) is 0 Å². The van der Waals surface area contributed by atoms with Crippen LogP contribution in [0.4, 0.5) is 0 Å². The van der Waals surface area contributed by atoms with E-state index in [9.17, 15) is 0 Å². The van der Waals surface area contributed by atoms with Crippen molar-refractivity contribution in [1.29, 1.82) is 0 Å². The molecule has 0 unspecified atom stereocenters. The largest absolute Gasteiger partial charge is 0.323 e. The highest BCUT2D eigenvalue weighted by molar-refractivity contribution is 7.14. The van der Waals surface area contributed by atoms with E-state index in [1.54, 1.807) is 11.3 Å². The summed E-state index contributed by atoms with van der Waals surface area (Å²) in [5.41, 5.74) is 9.67. The number of aromatic nitrogens is 7. The number of pyridine rings is 1. The van der Waals surface area contributed by atoms with Gasteiger partial charge in [0.05, 0.1) is 11.9 Å². The first-order valence-electron chi connectivity index (χ1n) is 13.3. The van der Waals surface area contributed by atoms with Gasteiger partial charge in [-0.1, -0.05) is 65.9 Å². The number of benzene rings is 2. The summed E-state index contributed by atoms with van der Waals surface area (Å²) < 4.78 is 1.92. The van der Waals surface area contributed by atoms with Crippen molar-refractivity contribution in [3.63, 3.8) is 0 Å². The molecule has 2 aromatic carbocycles. The van der Waals surface area contributed by atoms with Gasteiger partial charge in [-0.2, -0.15) is 5.10 Å². The molecule has 5 heterocycles. The van der Waals surface area contributed by atoms with Crippen LogP contribution < -0.4 is 0 Å². The third kappa shape index (κ3) is 4.75. The minimum Gasteiger partial charge on any atom is -0.323 e. The Morgan fingerprint density at radius 3 is 2.51 bits per heavy atom. The number of nitrogens with one attached hydrogen (secondary N) is 1. The van der Waals surface area contributed by atoms with E-state index in [0.717, 1.165) is 71.6 Å². The van der Waals surface area contributed by atoms with E-state index in [0.29, 0.717) is 5.92 Å².